The maximum absolute atomic E-state index is 12.1. The molecule has 0 bridgehead atoms. The van der Waals surface area contributed by atoms with E-state index >= 15 is 0 Å². The number of halogens is 1. The smallest absolute Gasteiger partial charge is 0.312 e. The lowest BCUT2D eigenvalue weighted by Gasteiger charge is -2.33. The number of piperidine rings is 1. The summed E-state index contributed by atoms with van der Waals surface area (Å²) in [5.74, 6) is 0.0418. The number of thioether (sulfide) groups is 1. The summed E-state index contributed by atoms with van der Waals surface area (Å²) in [6.45, 7) is 4.21. The van der Waals surface area contributed by atoms with Crippen molar-refractivity contribution >= 4 is 29.3 Å². The minimum atomic E-state index is -0.644. The second-order valence-electron chi connectivity index (χ2n) is 8.27. The number of quaternary nitrogens is 1. The van der Waals surface area contributed by atoms with Gasteiger partial charge in [-0.1, -0.05) is 36.4 Å². The number of hydrogen-bond donors (Lipinski definition) is 1. The first-order valence-electron chi connectivity index (χ1n) is 9.91. The summed E-state index contributed by atoms with van der Waals surface area (Å²) in [4.78, 5) is 13.4. The van der Waals surface area contributed by atoms with Gasteiger partial charge in [0.2, 0.25) is 0 Å². The molecule has 5 atom stereocenters. The van der Waals surface area contributed by atoms with E-state index in [-0.39, 0.29) is 22.9 Å². The summed E-state index contributed by atoms with van der Waals surface area (Å²) in [7, 11) is 0. The third kappa shape index (κ3) is 2.18. The van der Waals surface area contributed by atoms with Crippen molar-refractivity contribution in [3.63, 3.8) is 0 Å². The molecule has 5 heteroatoms. The van der Waals surface area contributed by atoms with Crippen LogP contribution in [0, 0.1) is 5.92 Å². The molecular weight excluding hydrogens is 378 g/mol. The molecule has 142 valence electrons. The first-order valence-corrected chi connectivity index (χ1v) is 11.3. The number of carboxylic acid groups (broad SMARTS) is 1. The monoisotopic (exact) mass is 402 g/mol. The molecule has 0 radical (unpaired) electrons. The molecule has 1 aromatic rings. The molecule has 0 saturated carbocycles. The van der Waals surface area contributed by atoms with Crippen molar-refractivity contribution < 1.29 is 14.4 Å². The average Bonchev–Trinajstić information content (AvgIpc) is 3.34. The molecule has 27 heavy (non-hydrogen) atoms. The second kappa shape index (κ2) is 6.13. The minimum absolute atomic E-state index is 0.108. The zero-order valence-electron chi connectivity index (χ0n) is 15.5. The molecule has 0 aromatic heterocycles. The minimum Gasteiger partial charge on any atom is -0.481 e. The molecule has 1 aliphatic carbocycles. The molecule has 2 fully saturated rings. The van der Waals surface area contributed by atoms with Crippen LogP contribution >= 0.6 is 23.4 Å². The lowest BCUT2D eigenvalue weighted by molar-refractivity contribution is -0.842. The van der Waals surface area contributed by atoms with Crippen LogP contribution in [0.5, 0.6) is 0 Å². The van der Waals surface area contributed by atoms with Gasteiger partial charge >= 0.3 is 5.97 Å². The molecule has 3 nitrogen and oxygen atoms in total. The van der Waals surface area contributed by atoms with Gasteiger partial charge in [-0.3, -0.25) is 4.79 Å². The zero-order valence-corrected chi connectivity index (χ0v) is 17.1. The normalized spacial score (nSPS) is 39.4. The number of allylic oxidation sites excluding steroid dienone is 1. The highest BCUT2D eigenvalue weighted by atomic mass is 35.5. The van der Waals surface area contributed by atoms with Crippen LogP contribution in [0.25, 0.3) is 0 Å². The highest BCUT2D eigenvalue weighted by Gasteiger charge is 2.86. The quantitative estimate of drug-likeness (QED) is 0.453. The third-order valence-corrected chi connectivity index (χ3v) is 9.10. The van der Waals surface area contributed by atoms with Crippen molar-refractivity contribution in [2.75, 3.05) is 13.1 Å². The van der Waals surface area contributed by atoms with Gasteiger partial charge in [0.1, 0.15) is 11.3 Å². The Balaban J connectivity index is 1.68. The van der Waals surface area contributed by atoms with Crippen LogP contribution in [-0.2, 0) is 17.0 Å². The Labute approximate surface area is 169 Å². The van der Waals surface area contributed by atoms with Crippen LogP contribution in [0.2, 0.25) is 0 Å². The van der Waals surface area contributed by atoms with E-state index in [9.17, 15) is 9.90 Å². The van der Waals surface area contributed by atoms with Crippen molar-refractivity contribution in [1.29, 1.82) is 0 Å². The topological polar surface area (TPSA) is 37.3 Å². The molecule has 1 N–H and O–H groups in total. The molecule has 0 amide bonds. The highest BCUT2D eigenvalue weighted by Crippen LogP contribution is 2.67. The van der Waals surface area contributed by atoms with E-state index in [0.29, 0.717) is 0 Å². The summed E-state index contributed by atoms with van der Waals surface area (Å²) >= 11 is 8.94. The lowest BCUT2D eigenvalue weighted by atomic mass is 9.79. The summed E-state index contributed by atoms with van der Waals surface area (Å²) in [5, 5.41) is 9.83. The van der Waals surface area contributed by atoms with E-state index in [2.05, 4.69) is 43.3 Å². The molecule has 5 unspecified atom stereocenters. The number of carbonyl (C=O) groups is 1. The number of nitrogens with zero attached hydrogens (tertiary/aromatic N) is 1. The average molecular weight is 403 g/mol. The van der Waals surface area contributed by atoms with Crippen LogP contribution in [0.15, 0.2) is 46.9 Å². The largest absolute Gasteiger partial charge is 0.481 e. The van der Waals surface area contributed by atoms with Gasteiger partial charge in [0.05, 0.1) is 13.1 Å². The number of benzene rings is 1. The molecule has 3 aliphatic heterocycles. The van der Waals surface area contributed by atoms with Gasteiger partial charge < -0.3 is 9.59 Å². The Hall–Kier alpha value is -1.23. The van der Waals surface area contributed by atoms with Gasteiger partial charge in [-0.15, -0.1) is 23.4 Å². The van der Waals surface area contributed by atoms with E-state index in [1.54, 1.807) is 0 Å². The summed E-state index contributed by atoms with van der Waals surface area (Å²) in [6.07, 6.45) is 6.98. The Morgan fingerprint density at radius 3 is 2.89 bits per heavy atom. The van der Waals surface area contributed by atoms with Crippen LogP contribution in [0.4, 0.5) is 0 Å². The SMILES string of the molecule is CC[N+]12CCCC(C(=O)O)C1C21C2=C(C=CC1Cl)SCc1ccccc1C2. The van der Waals surface area contributed by atoms with Crippen molar-refractivity contribution in [3.8, 4) is 0 Å². The third-order valence-electron chi connectivity index (χ3n) is 7.47. The number of hydrogen-bond acceptors (Lipinski definition) is 2. The first-order chi connectivity index (χ1) is 13.1. The van der Waals surface area contributed by atoms with Gasteiger partial charge in [0.15, 0.2) is 11.6 Å². The standard InChI is InChI=1S/C22H24ClNO2S/c1-2-24-11-5-8-16(21(25)26)20(24)22(24)17-12-14-6-3-4-7-15(14)13-27-18(17)9-10-19(22)23/h3-4,6-7,9-10,16,19-20H,2,5,8,11-13H2,1H3/p+1. The van der Waals surface area contributed by atoms with Crippen LogP contribution in [-0.4, -0.2) is 45.6 Å². The molecular formula is C22H25ClNO2S+. The maximum Gasteiger partial charge on any atom is 0.312 e. The maximum atomic E-state index is 12.1. The summed E-state index contributed by atoms with van der Waals surface area (Å²) in [6, 6.07) is 8.79. The van der Waals surface area contributed by atoms with Gasteiger partial charge in [-0.05, 0) is 30.9 Å². The molecule has 1 aromatic carbocycles. The van der Waals surface area contributed by atoms with Crippen LogP contribution in [0.3, 0.4) is 0 Å². The van der Waals surface area contributed by atoms with Gasteiger partial charge in [-0.2, -0.15) is 0 Å². The Bertz CT molecular complexity index is 881. The van der Waals surface area contributed by atoms with Crippen molar-refractivity contribution in [1.82, 2.24) is 0 Å². The Morgan fingerprint density at radius 2 is 2.15 bits per heavy atom. The van der Waals surface area contributed by atoms with Crippen molar-refractivity contribution in [2.24, 2.45) is 5.92 Å². The van der Waals surface area contributed by atoms with E-state index in [0.717, 1.165) is 42.6 Å². The Kier molecular flexibility index (Phi) is 4.05. The number of rotatable bonds is 2. The number of fused-ring (bicyclic) bond motifs is 5. The molecule has 5 rings (SSSR count). The van der Waals surface area contributed by atoms with Crippen molar-refractivity contribution in [3.05, 3.63) is 58.0 Å². The van der Waals surface area contributed by atoms with Gasteiger partial charge in [0.25, 0.3) is 0 Å². The fourth-order valence-electron chi connectivity index (χ4n) is 6.40. The zero-order chi connectivity index (χ0) is 18.8. The fraction of sp³-hybridized carbons (Fsp3) is 0.500. The van der Waals surface area contributed by atoms with E-state index < -0.39 is 5.97 Å². The van der Waals surface area contributed by atoms with Crippen LogP contribution in [0.1, 0.15) is 30.9 Å². The van der Waals surface area contributed by atoms with E-state index in [1.165, 1.54) is 21.6 Å². The molecule has 3 heterocycles. The number of alkyl halides is 1. The lowest BCUT2D eigenvalue weighted by Crippen LogP contribution is -2.45. The Morgan fingerprint density at radius 1 is 1.37 bits per heavy atom. The predicted molar refractivity (Wildman–Crippen MR) is 110 cm³/mol. The fourth-order valence-corrected chi connectivity index (χ4v) is 8.10. The van der Waals surface area contributed by atoms with E-state index in [4.69, 9.17) is 11.6 Å². The molecule has 4 aliphatic rings. The molecule has 2 saturated heterocycles. The molecule has 1 spiro atoms. The summed E-state index contributed by atoms with van der Waals surface area (Å²) < 4.78 is 0.865. The van der Waals surface area contributed by atoms with Crippen LogP contribution < -0.4 is 0 Å². The van der Waals surface area contributed by atoms with Gasteiger partial charge in [0, 0.05) is 22.7 Å². The first kappa shape index (κ1) is 17.8. The predicted octanol–water partition coefficient (Wildman–Crippen LogP) is 4.36. The van der Waals surface area contributed by atoms with E-state index in [1.807, 2.05) is 11.8 Å². The number of aliphatic carboxylic acids is 1. The number of carboxylic acids is 1. The van der Waals surface area contributed by atoms with Crippen molar-refractivity contribution in [2.45, 2.75) is 48.9 Å². The second-order valence-corrected chi connectivity index (χ2v) is 9.76. The summed E-state index contributed by atoms with van der Waals surface area (Å²) in [5.41, 5.74) is 3.92. The number of likely N-dealkylation sites (N-methyl/N-ethyl adjacent to an activating group) is 1. The van der Waals surface area contributed by atoms with Gasteiger partial charge in [-0.25, -0.2) is 0 Å². The highest BCUT2D eigenvalue weighted by molar-refractivity contribution is 8.02.